The number of para-hydroxylation sites is 1. The molecule has 20 heavy (non-hydrogen) atoms. The van der Waals surface area contributed by atoms with Gasteiger partial charge >= 0.3 is 0 Å². The van der Waals surface area contributed by atoms with Crippen molar-refractivity contribution >= 4 is 32.7 Å². The molecule has 3 nitrogen and oxygen atoms in total. The Balaban J connectivity index is 1.84. The molecule has 1 heterocycles. The van der Waals surface area contributed by atoms with Gasteiger partial charge in [-0.3, -0.25) is 4.79 Å². The topological polar surface area (TPSA) is 42.0 Å². The lowest BCUT2D eigenvalue weighted by atomic mass is 9.95. The number of carbonyl (C=O) groups is 1. The molecule has 1 amide bonds. The van der Waals surface area contributed by atoms with Crippen LogP contribution >= 0.6 is 15.9 Å². The van der Waals surface area contributed by atoms with Crippen LogP contribution in [0, 0.1) is 0 Å². The molecule has 0 atom stereocenters. The first-order valence-electron chi connectivity index (χ1n) is 7.10. The van der Waals surface area contributed by atoms with Gasteiger partial charge in [-0.2, -0.15) is 0 Å². The van der Waals surface area contributed by atoms with Crippen molar-refractivity contribution in [1.82, 2.24) is 10.3 Å². The van der Waals surface area contributed by atoms with Gasteiger partial charge in [0.15, 0.2) is 0 Å². The number of amides is 1. The maximum Gasteiger partial charge on any atom is 0.270 e. The van der Waals surface area contributed by atoms with E-state index in [1.54, 1.807) is 6.07 Å². The molecule has 0 aliphatic heterocycles. The molecule has 4 heteroatoms. The monoisotopic (exact) mass is 332 g/mol. The first kappa shape index (κ1) is 13.6. The summed E-state index contributed by atoms with van der Waals surface area (Å²) in [5.41, 5.74) is 1.33. The molecule has 1 N–H and O–H groups in total. The Labute approximate surface area is 126 Å². The van der Waals surface area contributed by atoms with Crippen LogP contribution in [0.15, 0.2) is 34.8 Å². The van der Waals surface area contributed by atoms with E-state index in [-0.39, 0.29) is 5.91 Å². The van der Waals surface area contributed by atoms with E-state index in [0.717, 1.165) is 28.2 Å². The SMILES string of the molecule is O=C(NC1CCCCC1)c1cc(Br)c2ccccc2n1. The number of hydrogen-bond acceptors (Lipinski definition) is 2. The summed E-state index contributed by atoms with van der Waals surface area (Å²) in [5, 5.41) is 4.13. The number of nitrogens with zero attached hydrogens (tertiary/aromatic N) is 1. The third kappa shape index (κ3) is 2.85. The molecule has 1 aromatic heterocycles. The molecule has 0 saturated heterocycles. The fourth-order valence-electron chi connectivity index (χ4n) is 2.76. The summed E-state index contributed by atoms with van der Waals surface area (Å²) in [6.45, 7) is 0. The Kier molecular flexibility index (Phi) is 4.01. The highest BCUT2D eigenvalue weighted by Gasteiger charge is 2.18. The van der Waals surface area contributed by atoms with E-state index >= 15 is 0 Å². The lowest BCUT2D eigenvalue weighted by Gasteiger charge is -2.22. The minimum absolute atomic E-state index is 0.0663. The average Bonchev–Trinajstić information content (AvgIpc) is 2.48. The molecule has 1 fully saturated rings. The smallest absolute Gasteiger partial charge is 0.270 e. The summed E-state index contributed by atoms with van der Waals surface area (Å²) in [5.74, 6) is -0.0663. The number of halogens is 1. The predicted molar refractivity (Wildman–Crippen MR) is 83.8 cm³/mol. The zero-order valence-corrected chi connectivity index (χ0v) is 12.8. The second kappa shape index (κ2) is 5.92. The number of hydrogen-bond donors (Lipinski definition) is 1. The summed E-state index contributed by atoms with van der Waals surface area (Å²) < 4.78 is 0.914. The number of pyridine rings is 1. The zero-order chi connectivity index (χ0) is 13.9. The molecule has 0 spiro atoms. The van der Waals surface area contributed by atoms with Crippen LogP contribution < -0.4 is 5.32 Å². The predicted octanol–water partition coefficient (Wildman–Crippen LogP) is 4.06. The Bertz CT molecular complexity index is 635. The number of fused-ring (bicyclic) bond motifs is 1. The van der Waals surface area contributed by atoms with Gasteiger partial charge in [-0.25, -0.2) is 4.98 Å². The van der Waals surface area contributed by atoms with Crippen molar-refractivity contribution in [1.29, 1.82) is 0 Å². The average molecular weight is 333 g/mol. The molecule has 2 aromatic rings. The van der Waals surface area contributed by atoms with Crippen LogP contribution in [-0.2, 0) is 0 Å². The fourth-order valence-corrected chi connectivity index (χ4v) is 3.31. The van der Waals surface area contributed by atoms with E-state index < -0.39 is 0 Å². The molecule has 0 radical (unpaired) electrons. The highest BCUT2D eigenvalue weighted by molar-refractivity contribution is 9.10. The summed E-state index contributed by atoms with van der Waals surface area (Å²) in [4.78, 5) is 16.8. The first-order chi connectivity index (χ1) is 9.74. The van der Waals surface area contributed by atoms with Gasteiger partial charge in [-0.05, 0) is 25.0 Å². The van der Waals surface area contributed by atoms with Crippen molar-refractivity contribution in [2.24, 2.45) is 0 Å². The van der Waals surface area contributed by atoms with Gasteiger partial charge < -0.3 is 5.32 Å². The van der Waals surface area contributed by atoms with Gasteiger partial charge in [0.2, 0.25) is 0 Å². The summed E-state index contributed by atoms with van der Waals surface area (Å²) in [6.07, 6.45) is 5.87. The number of benzene rings is 1. The van der Waals surface area contributed by atoms with Crippen LogP contribution in [0.2, 0.25) is 0 Å². The number of aromatic nitrogens is 1. The van der Waals surface area contributed by atoms with E-state index in [9.17, 15) is 4.79 Å². The van der Waals surface area contributed by atoms with Gasteiger partial charge in [0.25, 0.3) is 5.91 Å². The largest absolute Gasteiger partial charge is 0.348 e. The van der Waals surface area contributed by atoms with Crippen molar-refractivity contribution in [3.8, 4) is 0 Å². The number of rotatable bonds is 2. The standard InChI is InChI=1S/C16H17BrN2O/c17-13-10-15(19-14-9-5-4-8-12(13)14)16(20)18-11-6-2-1-3-7-11/h4-5,8-11H,1-3,6-7H2,(H,18,20). The Morgan fingerprint density at radius 1 is 1.20 bits per heavy atom. The van der Waals surface area contributed by atoms with Gasteiger partial charge in [0.05, 0.1) is 5.52 Å². The summed E-state index contributed by atoms with van der Waals surface area (Å²) in [6, 6.07) is 9.94. The molecule has 1 saturated carbocycles. The van der Waals surface area contributed by atoms with Crippen LogP contribution in [0.1, 0.15) is 42.6 Å². The number of carbonyl (C=O) groups excluding carboxylic acids is 1. The van der Waals surface area contributed by atoms with E-state index in [1.807, 2.05) is 24.3 Å². The van der Waals surface area contributed by atoms with Crippen LogP contribution in [0.5, 0.6) is 0 Å². The highest BCUT2D eigenvalue weighted by Crippen LogP contribution is 2.24. The molecule has 104 valence electrons. The second-order valence-corrected chi connectivity index (χ2v) is 6.17. The minimum Gasteiger partial charge on any atom is -0.348 e. The van der Waals surface area contributed by atoms with E-state index in [1.165, 1.54) is 19.3 Å². The molecular weight excluding hydrogens is 316 g/mol. The lowest BCUT2D eigenvalue weighted by Crippen LogP contribution is -2.36. The molecule has 0 unspecified atom stereocenters. The van der Waals surface area contributed by atoms with Crippen LogP contribution in [-0.4, -0.2) is 16.9 Å². The van der Waals surface area contributed by atoms with Crippen molar-refractivity contribution in [3.63, 3.8) is 0 Å². The van der Waals surface area contributed by atoms with Crippen molar-refractivity contribution in [3.05, 3.63) is 40.5 Å². The van der Waals surface area contributed by atoms with Gasteiger partial charge in [0, 0.05) is 15.9 Å². The van der Waals surface area contributed by atoms with Crippen LogP contribution in [0.3, 0.4) is 0 Å². The molecule has 1 aliphatic rings. The van der Waals surface area contributed by atoms with Gasteiger partial charge in [-0.1, -0.05) is 53.4 Å². The van der Waals surface area contributed by atoms with Crippen molar-refractivity contribution in [2.75, 3.05) is 0 Å². The van der Waals surface area contributed by atoms with Gasteiger partial charge in [0.1, 0.15) is 5.69 Å². The van der Waals surface area contributed by atoms with E-state index in [0.29, 0.717) is 11.7 Å². The zero-order valence-electron chi connectivity index (χ0n) is 11.2. The van der Waals surface area contributed by atoms with Crippen LogP contribution in [0.25, 0.3) is 10.9 Å². The fraction of sp³-hybridized carbons (Fsp3) is 0.375. The highest BCUT2D eigenvalue weighted by atomic mass is 79.9. The second-order valence-electron chi connectivity index (χ2n) is 5.31. The normalized spacial score (nSPS) is 16.2. The third-order valence-electron chi connectivity index (χ3n) is 3.84. The maximum atomic E-state index is 12.3. The molecular formula is C16H17BrN2O. The summed E-state index contributed by atoms with van der Waals surface area (Å²) in [7, 11) is 0. The van der Waals surface area contributed by atoms with E-state index in [2.05, 4.69) is 26.2 Å². The minimum atomic E-state index is -0.0663. The van der Waals surface area contributed by atoms with Crippen molar-refractivity contribution in [2.45, 2.75) is 38.1 Å². The first-order valence-corrected chi connectivity index (χ1v) is 7.89. The Morgan fingerprint density at radius 3 is 2.75 bits per heavy atom. The molecule has 1 aliphatic carbocycles. The molecule has 0 bridgehead atoms. The Morgan fingerprint density at radius 2 is 1.95 bits per heavy atom. The van der Waals surface area contributed by atoms with E-state index in [4.69, 9.17) is 0 Å². The maximum absolute atomic E-state index is 12.3. The van der Waals surface area contributed by atoms with Gasteiger partial charge in [-0.15, -0.1) is 0 Å². The molecule has 3 rings (SSSR count). The number of nitrogens with one attached hydrogen (secondary N) is 1. The molecule has 1 aromatic carbocycles. The van der Waals surface area contributed by atoms with Crippen molar-refractivity contribution < 1.29 is 4.79 Å². The van der Waals surface area contributed by atoms with Crippen LogP contribution in [0.4, 0.5) is 0 Å². The lowest BCUT2D eigenvalue weighted by molar-refractivity contribution is 0.0923. The third-order valence-corrected chi connectivity index (χ3v) is 4.49. The summed E-state index contributed by atoms with van der Waals surface area (Å²) >= 11 is 3.52. The Hall–Kier alpha value is -1.42. The quantitative estimate of drug-likeness (QED) is 0.900.